The lowest BCUT2D eigenvalue weighted by atomic mass is 10.0. The zero-order valence-electron chi connectivity index (χ0n) is 18.2. The Bertz CT molecular complexity index is 900. The molecule has 2 saturated heterocycles. The number of halogens is 1. The fraction of sp³-hybridized carbons (Fsp3) is 0.440. The van der Waals surface area contributed by atoms with Gasteiger partial charge in [-0.2, -0.15) is 0 Å². The van der Waals surface area contributed by atoms with E-state index >= 15 is 0 Å². The first-order valence-electron chi connectivity index (χ1n) is 11.3. The molecule has 0 aliphatic carbocycles. The average molecular weight is 456 g/mol. The number of carbonyl (C=O) groups excluding carboxylic acids is 2. The topological polar surface area (TPSA) is 61.9 Å². The summed E-state index contributed by atoms with van der Waals surface area (Å²) in [5.74, 6) is -0.287. The Balaban J connectivity index is 1.33. The monoisotopic (exact) mass is 455 g/mol. The molecular weight excluding hydrogens is 426 g/mol. The van der Waals surface area contributed by atoms with E-state index in [1.165, 1.54) is 5.56 Å². The maximum Gasteiger partial charge on any atom is 0.225 e. The Morgan fingerprint density at radius 2 is 1.81 bits per heavy atom. The largest absolute Gasteiger partial charge is 0.379 e. The first-order valence-corrected chi connectivity index (χ1v) is 11.6. The average Bonchev–Trinajstić information content (AvgIpc) is 3.21. The number of nitrogens with zero attached hydrogens (tertiary/aromatic N) is 2. The van der Waals surface area contributed by atoms with Crippen molar-refractivity contribution in [1.29, 1.82) is 0 Å². The third-order valence-electron chi connectivity index (χ3n) is 6.31. The van der Waals surface area contributed by atoms with Crippen molar-refractivity contribution >= 4 is 23.4 Å². The minimum atomic E-state index is -0.297. The van der Waals surface area contributed by atoms with Crippen LogP contribution in [0.15, 0.2) is 54.6 Å². The van der Waals surface area contributed by atoms with Crippen LogP contribution in [0.1, 0.15) is 23.6 Å². The van der Waals surface area contributed by atoms with Crippen molar-refractivity contribution < 1.29 is 14.3 Å². The van der Waals surface area contributed by atoms with Gasteiger partial charge in [0.1, 0.15) is 0 Å². The number of carbonyl (C=O) groups is 2. The lowest BCUT2D eigenvalue weighted by molar-refractivity contribution is -0.129. The van der Waals surface area contributed by atoms with E-state index < -0.39 is 0 Å². The van der Waals surface area contributed by atoms with Gasteiger partial charge in [0.2, 0.25) is 11.8 Å². The van der Waals surface area contributed by atoms with Gasteiger partial charge in [-0.3, -0.25) is 14.5 Å². The molecule has 2 unspecified atom stereocenters. The van der Waals surface area contributed by atoms with Crippen LogP contribution < -0.4 is 5.32 Å². The summed E-state index contributed by atoms with van der Waals surface area (Å²) in [6, 6.07) is 18.0. The van der Waals surface area contributed by atoms with Gasteiger partial charge in [-0.25, -0.2) is 0 Å². The molecular formula is C25H30ClN3O3. The summed E-state index contributed by atoms with van der Waals surface area (Å²) in [6.07, 6.45) is 1.08. The number of hydrogen-bond donors (Lipinski definition) is 1. The summed E-state index contributed by atoms with van der Waals surface area (Å²) in [4.78, 5) is 29.5. The molecule has 6 nitrogen and oxygen atoms in total. The second-order valence-corrected chi connectivity index (χ2v) is 8.87. The molecule has 2 heterocycles. The third kappa shape index (κ3) is 5.88. The summed E-state index contributed by atoms with van der Waals surface area (Å²) in [5.41, 5.74) is 2.31. The number of benzene rings is 2. The van der Waals surface area contributed by atoms with Crippen LogP contribution in [-0.4, -0.2) is 67.6 Å². The van der Waals surface area contributed by atoms with Gasteiger partial charge in [0, 0.05) is 44.2 Å². The van der Waals surface area contributed by atoms with Crippen LogP contribution in [0.5, 0.6) is 0 Å². The molecule has 2 amide bonds. The first-order chi connectivity index (χ1) is 15.6. The van der Waals surface area contributed by atoms with Gasteiger partial charge in [-0.05, 0) is 29.7 Å². The fourth-order valence-electron chi connectivity index (χ4n) is 4.45. The molecule has 2 aromatic carbocycles. The molecule has 2 aromatic rings. The highest BCUT2D eigenvalue weighted by Gasteiger charge is 2.34. The molecule has 0 radical (unpaired) electrons. The van der Waals surface area contributed by atoms with Gasteiger partial charge in [0.25, 0.3) is 0 Å². The van der Waals surface area contributed by atoms with E-state index in [-0.39, 0.29) is 30.2 Å². The van der Waals surface area contributed by atoms with E-state index in [9.17, 15) is 9.59 Å². The van der Waals surface area contributed by atoms with Crippen LogP contribution in [0, 0.1) is 5.92 Å². The van der Waals surface area contributed by atoms with Crippen molar-refractivity contribution in [2.45, 2.75) is 18.9 Å². The second-order valence-electron chi connectivity index (χ2n) is 8.44. The number of morpholine rings is 1. The second kappa shape index (κ2) is 10.9. The summed E-state index contributed by atoms with van der Waals surface area (Å²) in [6.45, 7) is 4.64. The molecule has 170 valence electrons. The molecule has 0 spiro atoms. The summed E-state index contributed by atoms with van der Waals surface area (Å²) in [5, 5.41) is 3.81. The van der Waals surface area contributed by atoms with E-state index in [1.807, 2.05) is 47.4 Å². The van der Waals surface area contributed by atoms with Crippen LogP contribution in [-0.2, 0) is 20.7 Å². The lowest BCUT2D eigenvalue weighted by Crippen LogP contribution is -2.45. The van der Waals surface area contributed by atoms with Crippen molar-refractivity contribution in [1.82, 2.24) is 15.1 Å². The van der Waals surface area contributed by atoms with Crippen molar-refractivity contribution in [3.8, 4) is 0 Å². The predicted octanol–water partition coefficient (Wildman–Crippen LogP) is 2.92. The van der Waals surface area contributed by atoms with Crippen molar-refractivity contribution in [3.05, 3.63) is 70.7 Å². The molecule has 2 fully saturated rings. The van der Waals surface area contributed by atoms with Gasteiger partial charge < -0.3 is 15.0 Å². The van der Waals surface area contributed by atoms with Crippen molar-refractivity contribution in [2.75, 3.05) is 45.9 Å². The molecule has 2 atom stereocenters. The zero-order valence-corrected chi connectivity index (χ0v) is 19.0. The van der Waals surface area contributed by atoms with Gasteiger partial charge in [0.05, 0.1) is 25.2 Å². The van der Waals surface area contributed by atoms with E-state index in [1.54, 1.807) is 0 Å². The van der Waals surface area contributed by atoms with Crippen molar-refractivity contribution in [2.24, 2.45) is 5.92 Å². The molecule has 32 heavy (non-hydrogen) atoms. The Hall–Kier alpha value is -2.41. The Labute approximate surface area is 194 Å². The standard InChI is InChI=1S/C25H30ClN3O3/c26-22-8-6-20(7-9-22)23(28-12-14-32-15-13-28)17-27-25(31)21-16-24(30)29(18-21)11-10-19-4-2-1-3-5-19/h1-9,21,23H,10-18H2,(H,27,31). The molecule has 2 aliphatic rings. The van der Waals surface area contributed by atoms with Gasteiger partial charge >= 0.3 is 0 Å². The Morgan fingerprint density at radius 1 is 1.09 bits per heavy atom. The highest BCUT2D eigenvalue weighted by Crippen LogP contribution is 2.24. The van der Waals surface area contributed by atoms with Gasteiger partial charge in [-0.15, -0.1) is 0 Å². The molecule has 0 saturated carbocycles. The minimum Gasteiger partial charge on any atom is -0.379 e. The van der Waals surface area contributed by atoms with Crippen LogP contribution in [0.2, 0.25) is 5.02 Å². The molecule has 0 bridgehead atoms. The number of rotatable bonds is 8. The molecule has 4 rings (SSSR count). The van der Waals surface area contributed by atoms with Crippen molar-refractivity contribution in [3.63, 3.8) is 0 Å². The quantitative estimate of drug-likeness (QED) is 0.664. The maximum absolute atomic E-state index is 12.9. The number of likely N-dealkylation sites (tertiary alicyclic amines) is 1. The first kappa shape index (κ1) is 22.8. The number of ether oxygens (including phenoxy) is 1. The SMILES string of the molecule is O=C(NCC(c1ccc(Cl)cc1)N1CCOCC1)C1CC(=O)N(CCc2ccccc2)C1. The van der Waals surface area contributed by atoms with E-state index in [0.717, 1.165) is 25.1 Å². The molecule has 1 N–H and O–H groups in total. The zero-order chi connectivity index (χ0) is 22.3. The minimum absolute atomic E-state index is 0.0476. The van der Waals surface area contributed by atoms with Crippen LogP contribution in [0.4, 0.5) is 0 Å². The lowest BCUT2D eigenvalue weighted by Gasteiger charge is -2.35. The van der Waals surface area contributed by atoms with Crippen LogP contribution >= 0.6 is 11.6 Å². The summed E-state index contributed by atoms with van der Waals surface area (Å²) >= 11 is 6.07. The van der Waals surface area contributed by atoms with Gasteiger partial charge in [0.15, 0.2) is 0 Å². The summed E-state index contributed by atoms with van der Waals surface area (Å²) in [7, 11) is 0. The fourth-order valence-corrected chi connectivity index (χ4v) is 4.57. The smallest absolute Gasteiger partial charge is 0.225 e. The third-order valence-corrected chi connectivity index (χ3v) is 6.56. The van der Waals surface area contributed by atoms with Crippen LogP contribution in [0.3, 0.4) is 0 Å². The number of nitrogens with one attached hydrogen (secondary N) is 1. The van der Waals surface area contributed by atoms with Crippen LogP contribution in [0.25, 0.3) is 0 Å². The molecule has 7 heteroatoms. The van der Waals surface area contributed by atoms with E-state index in [2.05, 4.69) is 22.3 Å². The summed E-state index contributed by atoms with van der Waals surface area (Å²) < 4.78 is 5.50. The predicted molar refractivity (Wildman–Crippen MR) is 124 cm³/mol. The molecule has 0 aromatic heterocycles. The highest BCUT2D eigenvalue weighted by molar-refractivity contribution is 6.30. The number of amides is 2. The Kier molecular flexibility index (Phi) is 7.79. The Morgan fingerprint density at radius 3 is 2.53 bits per heavy atom. The normalized spacial score (nSPS) is 20.3. The number of hydrogen-bond acceptors (Lipinski definition) is 4. The highest BCUT2D eigenvalue weighted by atomic mass is 35.5. The molecule has 2 aliphatic heterocycles. The van der Waals surface area contributed by atoms with E-state index in [0.29, 0.717) is 37.9 Å². The maximum atomic E-state index is 12.9. The van der Waals surface area contributed by atoms with Gasteiger partial charge in [-0.1, -0.05) is 54.1 Å². The van der Waals surface area contributed by atoms with E-state index in [4.69, 9.17) is 16.3 Å².